The van der Waals surface area contributed by atoms with Crippen molar-refractivity contribution in [1.82, 2.24) is 0 Å². The molecule has 178 valence electrons. The Labute approximate surface area is 190 Å². The Hall–Kier alpha value is -3.95. The van der Waals surface area contributed by atoms with Gasteiger partial charge in [0.1, 0.15) is 5.82 Å². The first kappa shape index (κ1) is 24.7. The smallest absolute Gasteiger partial charge is 0.398 e. The second-order valence-corrected chi connectivity index (χ2v) is 7.43. The van der Waals surface area contributed by atoms with Gasteiger partial charge < -0.3 is 16.8 Å². The van der Waals surface area contributed by atoms with Gasteiger partial charge in [0.05, 0.1) is 11.1 Å². The third-order valence-electron chi connectivity index (χ3n) is 4.95. The molecule has 34 heavy (non-hydrogen) atoms. The molecule has 5 N–H and O–H groups in total. The fourth-order valence-corrected chi connectivity index (χ4v) is 3.26. The SMILES string of the molecule is CC(=O)c1cccc(/C(N)=c2\cccc\c2=C(\N)Nc2cc(C(F)(F)F)cc(C(F)(F)F)c2)c1. The Morgan fingerprint density at radius 1 is 0.735 bits per heavy atom. The van der Waals surface area contributed by atoms with Crippen molar-refractivity contribution in [2.75, 3.05) is 5.32 Å². The summed E-state index contributed by atoms with van der Waals surface area (Å²) in [5.74, 6) is -0.394. The molecule has 0 amide bonds. The topological polar surface area (TPSA) is 81.1 Å². The predicted octanol–water partition coefficient (Wildman–Crippen LogP) is 4.18. The summed E-state index contributed by atoms with van der Waals surface area (Å²) in [5, 5.41) is 3.05. The summed E-state index contributed by atoms with van der Waals surface area (Å²) in [7, 11) is 0. The maximum Gasteiger partial charge on any atom is 0.416 e. The van der Waals surface area contributed by atoms with Crippen molar-refractivity contribution in [3.8, 4) is 0 Å². The molecule has 0 heterocycles. The average Bonchev–Trinajstić information content (AvgIpc) is 2.77. The Balaban J connectivity index is 2.19. The Morgan fingerprint density at radius 2 is 1.26 bits per heavy atom. The highest BCUT2D eigenvalue weighted by Gasteiger charge is 2.37. The number of nitrogens with two attached hydrogens (primary N) is 2. The molecule has 0 saturated carbocycles. The standard InChI is InChI=1S/C24H19F6N3O/c1-13(34)14-5-4-6-15(9-14)21(31)19-7-2-3-8-20(19)22(32)33-18-11-16(23(25,26)27)10-17(12-18)24(28,29)30/h2-12,33H,31-32H2,1H3/b21-19-,22-20+. The number of halogens is 6. The summed E-state index contributed by atoms with van der Waals surface area (Å²) in [5.41, 5.74) is 10.0. The molecular formula is C24H19F6N3O. The van der Waals surface area contributed by atoms with Crippen LogP contribution in [0, 0.1) is 0 Å². The second-order valence-electron chi connectivity index (χ2n) is 7.43. The van der Waals surface area contributed by atoms with Gasteiger partial charge in [-0.05, 0) is 36.8 Å². The first-order chi connectivity index (χ1) is 15.8. The third-order valence-corrected chi connectivity index (χ3v) is 4.95. The van der Waals surface area contributed by atoms with Crippen molar-refractivity contribution in [1.29, 1.82) is 0 Å². The monoisotopic (exact) mass is 479 g/mol. The second kappa shape index (κ2) is 9.12. The van der Waals surface area contributed by atoms with Crippen LogP contribution in [0.3, 0.4) is 0 Å². The van der Waals surface area contributed by atoms with Crippen molar-refractivity contribution < 1.29 is 31.1 Å². The lowest BCUT2D eigenvalue weighted by molar-refractivity contribution is -0.143. The molecule has 3 aromatic rings. The highest BCUT2D eigenvalue weighted by atomic mass is 19.4. The number of benzene rings is 3. The molecule has 0 radical (unpaired) electrons. The third kappa shape index (κ3) is 5.51. The molecule has 0 aliphatic rings. The summed E-state index contributed by atoms with van der Waals surface area (Å²) in [6.07, 6.45) is -9.99. The highest BCUT2D eigenvalue weighted by Crippen LogP contribution is 2.37. The van der Waals surface area contributed by atoms with E-state index in [2.05, 4.69) is 5.32 Å². The van der Waals surface area contributed by atoms with E-state index in [1.54, 1.807) is 42.5 Å². The van der Waals surface area contributed by atoms with Crippen LogP contribution in [0.15, 0.2) is 66.7 Å². The molecule has 3 rings (SSSR count). The normalized spacial score (nSPS) is 13.9. The molecule has 0 saturated heterocycles. The molecule has 0 unspecified atom stereocenters. The van der Waals surface area contributed by atoms with Gasteiger partial charge in [0, 0.05) is 27.4 Å². The van der Waals surface area contributed by atoms with E-state index in [9.17, 15) is 31.1 Å². The number of alkyl halides is 6. The van der Waals surface area contributed by atoms with Crippen LogP contribution in [0.25, 0.3) is 11.5 Å². The molecule has 0 aromatic heterocycles. The Kier molecular flexibility index (Phi) is 6.63. The van der Waals surface area contributed by atoms with Crippen LogP contribution >= 0.6 is 0 Å². The van der Waals surface area contributed by atoms with Crippen LogP contribution in [-0.2, 0) is 12.4 Å². The van der Waals surface area contributed by atoms with E-state index in [4.69, 9.17) is 11.5 Å². The van der Waals surface area contributed by atoms with Crippen LogP contribution in [0.1, 0.15) is 34.0 Å². The highest BCUT2D eigenvalue weighted by molar-refractivity contribution is 5.94. The zero-order chi connectivity index (χ0) is 25.3. The molecule has 0 spiro atoms. The molecule has 0 bridgehead atoms. The number of hydrogen-bond donors (Lipinski definition) is 3. The lowest BCUT2D eigenvalue weighted by Gasteiger charge is -2.15. The van der Waals surface area contributed by atoms with Gasteiger partial charge in [0.2, 0.25) is 0 Å². The van der Waals surface area contributed by atoms with Gasteiger partial charge in [0.15, 0.2) is 5.78 Å². The molecule has 3 aromatic carbocycles. The first-order valence-electron chi connectivity index (χ1n) is 9.80. The molecule has 0 atom stereocenters. The molecule has 10 heteroatoms. The lowest BCUT2D eigenvalue weighted by Crippen LogP contribution is -2.36. The average molecular weight is 479 g/mol. The molecule has 4 nitrogen and oxygen atoms in total. The number of hydrogen-bond acceptors (Lipinski definition) is 4. The van der Waals surface area contributed by atoms with E-state index < -0.39 is 29.2 Å². The Bertz CT molecular complexity index is 1330. The largest absolute Gasteiger partial charge is 0.416 e. The number of carbonyl (C=O) groups is 1. The van der Waals surface area contributed by atoms with Crippen molar-refractivity contribution in [2.45, 2.75) is 19.3 Å². The fraction of sp³-hybridized carbons (Fsp3) is 0.125. The maximum absolute atomic E-state index is 13.2. The van der Waals surface area contributed by atoms with E-state index in [-0.39, 0.29) is 28.6 Å². The molecule has 0 aliphatic heterocycles. The zero-order valence-electron chi connectivity index (χ0n) is 17.7. The minimum Gasteiger partial charge on any atom is -0.398 e. The van der Waals surface area contributed by atoms with E-state index in [0.29, 0.717) is 28.5 Å². The van der Waals surface area contributed by atoms with Crippen LogP contribution < -0.4 is 27.2 Å². The molecule has 0 aliphatic carbocycles. The molecular weight excluding hydrogens is 460 g/mol. The minimum atomic E-state index is -5.00. The number of ketones is 1. The van der Waals surface area contributed by atoms with Crippen LogP contribution in [-0.4, -0.2) is 5.78 Å². The van der Waals surface area contributed by atoms with Gasteiger partial charge in [-0.2, -0.15) is 26.3 Å². The summed E-state index contributed by atoms with van der Waals surface area (Å²) >= 11 is 0. The Morgan fingerprint density at radius 3 is 1.79 bits per heavy atom. The fourth-order valence-electron chi connectivity index (χ4n) is 3.26. The van der Waals surface area contributed by atoms with Crippen molar-refractivity contribution >= 4 is 23.0 Å². The number of Topliss-reactive ketones (excluding diaryl/α,β-unsaturated/α-hetero) is 1. The van der Waals surface area contributed by atoms with Gasteiger partial charge >= 0.3 is 12.4 Å². The van der Waals surface area contributed by atoms with E-state index in [0.717, 1.165) is 0 Å². The summed E-state index contributed by atoms with van der Waals surface area (Å²) in [6.45, 7) is 1.39. The van der Waals surface area contributed by atoms with E-state index in [1.165, 1.54) is 13.0 Å². The summed E-state index contributed by atoms with van der Waals surface area (Å²) in [6, 6.07) is 13.9. The number of carbonyl (C=O) groups excluding carboxylic acids is 1. The number of nitrogens with one attached hydrogen (secondary N) is 1. The maximum atomic E-state index is 13.2. The molecule has 0 fully saturated rings. The zero-order valence-corrected chi connectivity index (χ0v) is 17.7. The minimum absolute atomic E-state index is 0.0308. The van der Waals surface area contributed by atoms with Crippen LogP contribution in [0.5, 0.6) is 0 Å². The van der Waals surface area contributed by atoms with Crippen LogP contribution in [0.4, 0.5) is 32.0 Å². The van der Waals surface area contributed by atoms with Crippen molar-refractivity contribution in [3.05, 3.63) is 99.4 Å². The van der Waals surface area contributed by atoms with E-state index >= 15 is 0 Å². The quantitative estimate of drug-likeness (QED) is 0.388. The number of rotatable bonds is 4. The van der Waals surface area contributed by atoms with Crippen LogP contribution in [0.2, 0.25) is 0 Å². The van der Waals surface area contributed by atoms with Gasteiger partial charge in [-0.15, -0.1) is 0 Å². The lowest BCUT2D eigenvalue weighted by atomic mass is 10.0. The van der Waals surface area contributed by atoms with E-state index in [1.807, 2.05) is 0 Å². The van der Waals surface area contributed by atoms with Crippen molar-refractivity contribution in [2.24, 2.45) is 11.5 Å². The van der Waals surface area contributed by atoms with Gasteiger partial charge in [-0.25, -0.2) is 0 Å². The van der Waals surface area contributed by atoms with Crippen molar-refractivity contribution in [3.63, 3.8) is 0 Å². The van der Waals surface area contributed by atoms with Gasteiger partial charge in [-0.3, -0.25) is 4.79 Å². The number of anilines is 1. The first-order valence-corrected chi connectivity index (χ1v) is 9.80. The van der Waals surface area contributed by atoms with Gasteiger partial charge in [0.25, 0.3) is 0 Å². The predicted molar refractivity (Wildman–Crippen MR) is 117 cm³/mol. The van der Waals surface area contributed by atoms with Gasteiger partial charge in [-0.1, -0.05) is 42.5 Å². The summed E-state index contributed by atoms with van der Waals surface area (Å²) < 4.78 is 79.0. The summed E-state index contributed by atoms with van der Waals surface area (Å²) in [4.78, 5) is 11.7.